The molecule has 176 valence electrons. The Morgan fingerprint density at radius 2 is 1.43 bits per heavy atom. The first-order chi connectivity index (χ1) is 17.0. The van der Waals surface area contributed by atoms with E-state index in [-0.39, 0.29) is 11.9 Å². The van der Waals surface area contributed by atoms with E-state index >= 15 is 0 Å². The first-order valence-corrected chi connectivity index (χ1v) is 12.1. The second-order valence-corrected chi connectivity index (χ2v) is 8.78. The average Bonchev–Trinajstić information content (AvgIpc) is 2.91. The molecule has 2 atom stereocenters. The zero-order chi connectivity index (χ0) is 24.7. The summed E-state index contributed by atoms with van der Waals surface area (Å²) in [5.41, 5.74) is 2.68. The third-order valence-electron chi connectivity index (χ3n) is 6.40. The van der Waals surface area contributed by atoms with Gasteiger partial charge in [0.2, 0.25) is 0 Å². The van der Waals surface area contributed by atoms with Crippen LogP contribution in [0.4, 0.5) is 0 Å². The van der Waals surface area contributed by atoms with E-state index in [1.807, 2.05) is 93.6 Å². The molecule has 0 radical (unpaired) electrons. The lowest BCUT2D eigenvalue weighted by Gasteiger charge is -2.29. The molecule has 3 heteroatoms. The number of carbonyl (C=O) groups excluding carboxylic acids is 1. The Balaban J connectivity index is 1.80. The summed E-state index contributed by atoms with van der Waals surface area (Å²) in [6, 6.07) is 34.5. The zero-order valence-electron chi connectivity index (χ0n) is 20.5. The maximum Gasteiger partial charge on any atom is 0.334 e. The van der Waals surface area contributed by atoms with Crippen LogP contribution >= 0.6 is 0 Å². The van der Waals surface area contributed by atoms with Gasteiger partial charge in [-0.05, 0) is 30.2 Å². The van der Waals surface area contributed by atoms with Gasteiger partial charge in [-0.1, -0.05) is 122 Å². The molecule has 0 aliphatic heterocycles. The van der Waals surface area contributed by atoms with Crippen LogP contribution in [0.1, 0.15) is 37.5 Å². The van der Waals surface area contributed by atoms with Crippen molar-refractivity contribution in [3.8, 4) is 0 Å². The van der Waals surface area contributed by atoms with Crippen LogP contribution in [0.2, 0.25) is 0 Å². The predicted octanol–water partition coefficient (Wildman–Crippen LogP) is 7.35. The van der Waals surface area contributed by atoms with Gasteiger partial charge in [0.25, 0.3) is 0 Å². The summed E-state index contributed by atoms with van der Waals surface area (Å²) in [6.45, 7) is 6.02. The average molecular weight is 462 g/mol. The molecule has 0 saturated heterocycles. The Hall–Kier alpha value is -3.98. The summed E-state index contributed by atoms with van der Waals surface area (Å²) in [5.74, 6) is -0.553. The second kappa shape index (κ2) is 11.0. The number of hydrogen-bond acceptors (Lipinski definition) is 3. The minimum absolute atomic E-state index is 0.219. The molecule has 0 heterocycles. The molecule has 4 aromatic rings. The Morgan fingerprint density at radius 1 is 0.857 bits per heavy atom. The number of ether oxygens (including phenoxy) is 1. The van der Waals surface area contributed by atoms with Crippen molar-refractivity contribution < 1.29 is 9.53 Å². The minimum atomic E-state index is -1.11. The molecule has 0 aliphatic rings. The molecule has 4 rings (SSSR count). The van der Waals surface area contributed by atoms with Gasteiger partial charge in [-0.15, -0.1) is 0 Å². The van der Waals surface area contributed by atoms with Gasteiger partial charge >= 0.3 is 5.97 Å². The van der Waals surface area contributed by atoms with Crippen molar-refractivity contribution in [2.75, 3.05) is 6.61 Å². The highest BCUT2D eigenvalue weighted by Crippen LogP contribution is 2.29. The lowest BCUT2D eigenvalue weighted by molar-refractivity contribution is -0.150. The number of carbonyl (C=O) groups is 1. The normalized spacial score (nSPS) is 13.8. The van der Waals surface area contributed by atoms with Crippen molar-refractivity contribution in [2.24, 2.45) is 10.9 Å². The number of aliphatic imine (C=N–C) groups is 1. The van der Waals surface area contributed by atoms with Crippen LogP contribution in [-0.4, -0.2) is 23.8 Å². The molecule has 0 saturated carbocycles. The summed E-state index contributed by atoms with van der Waals surface area (Å²) in [6.07, 6.45) is 4.15. The lowest BCUT2D eigenvalue weighted by Crippen LogP contribution is -2.42. The third kappa shape index (κ3) is 5.41. The maximum atomic E-state index is 13.4. The number of hydrogen-bond donors (Lipinski definition) is 0. The Kier molecular flexibility index (Phi) is 7.57. The molecule has 0 spiro atoms. The molecular formula is C32H31NO2. The number of fused-ring (bicyclic) bond motifs is 1. The zero-order valence-corrected chi connectivity index (χ0v) is 20.5. The van der Waals surface area contributed by atoms with Crippen LogP contribution < -0.4 is 0 Å². The summed E-state index contributed by atoms with van der Waals surface area (Å²) in [4.78, 5) is 18.5. The summed E-state index contributed by atoms with van der Waals surface area (Å²) in [5, 5.41) is 2.36. The van der Waals surface area contributed by atoms with Crippen molar-refractivity contribution in [3.63, 3.8) is 0 Å². The summed E-state index contributed by atoms with van der Waals surface area (Å²) in [7, 11) is 0. The van der Waals surface area contributed by atoms with Crippen molar-refractivity contribution in [1.29, 1.82) is 0 Å². The lowest BCUT2D eigenvalue weighted by atomic mass is 9.85. The van der Waals surface area contributed by atoms with E-state index in [4.69, 9.17) is 9.73 Å². The number of rotatable bonds is 8. The van der Waals surface area contributed by atoms with Crippen LogP contribution in [-0.2, 0) is 9.53 Å². The highest BCUT2D eigenvalue weighted by Gasteiger charge is 2.40. The Morgan fingerprint density at radius 3 is 2.06 bits per heavy atom. The maximum absolute atomic E-state index is 13.4. The topological polar surface area (TPSA) is 38.7 Å². The molecular weight excluding hydrogens is 430 g/mol. The minimum Gasteiger partial charge on any atom is -0.464 e. The third-order valence-corrected chi connectivity index (χ3v) is 6.40. The highest BCUT2D eigenvalue weighted by atomic mass is 16.5. The van der Waals surface area contributed by atoms with Gasteiger partial charge in [0.1, 0.15) is 0 Å². The molecule has 0 fully saturated rings. The molecule has 35 heavy (non-hydrogen) atoms. The van der Waals surface area contributed by atoms with Gasteiger partial charge in [-0.3, -0.25) is 4.99 Å². The molecule has 3 nitrogen and oxygen atoms in total. The Bertz CT molecular complexity index is 1300. The molecule has 0 unspecified atom stereocenters. The van der Waals surface area contributed by atoms with E-state index < -0.39 is 5.54 Å². The van der Waals surface area contributed by atoms with Gasteiger partial charge in [0, 0.05) is 17.0 Å². The van der Waals surface area contributed by atoms with Crippen molar-refractivity contribution in [2.45, 2.75) is 26.3 Å². The molecule has 0 bridgehead atoms. The van der Waals surface area contributed by atoms with Gasteiger partial charge in [-0.25, -0.2) is 4.79 Å². The first kappa shape index (κ1) is 24.2. The molecule has 0 N–H and O–H groups in total. The van der Waals surface area contributed by atoms with Crippen molar-refractivity contribution in [3.05, 3.63) is 126 Å². The van der Waals surface area contributed by atoms with Crippen LogP contribution in [0, 0.1) is 5.92 Å². The van der Waals surface area contributed by atoms with Gasteiger partial charge in [-0.2, -0.15) is 0 Å². The van der Waals surface area contributed by atoms with E-state index in [1.165, 1.54) is 10.8 Å². The van der Waals surface area contributed by atoms with E-state index in [0.29, 0.717) is 6.61 Å². The second-order valence-electron chi connectivity index (χ2n) is 8.78. The highest BCUT2D eigenvalue weighted by molar-refractivity contribution is 6.13. The summed E-state index contributed by atoms with van der Waals surface area (Å²) >= 11 is 0. The van der Waals surface area contributed by atoms with Crippen molar-refractivity contribution >= 4 is 28.5 Å². The number of esters is 1. The largest absolute Gasteiger partial charge is 0.464 e. The van der Waals surface area contributed by atoms with E-state index in [1.54, 1.807) is 0 Å². The quantitative estimate of drug-likeness (QED) is 0.203. The van der Waals surface area contributed by atoms with Gasteiger partial charge < -0.3 is 4.74 Å². The molecule has 0 aromatic heterocycles. The van der Waals surface area contributed by atoms with Crippen LogP contribution in [0.25, 0.3) is 16.8 Å². The van der Waals surface area contributed by atoms with Gasteiger partial charge in [0.05, 0.1) is 12.3 Å². The van der Waals surface area contributed by atoms with Crippen LogP contribution in [0.3, 0.4) is 0 Å². The Labute approximate surface area is 207 Å². The monoisotopic (exact) mass is 461 g/mol. The standard InChI is InChI=1S/C32H31NO2/c1-4-35-31(34)32(3,24(2)22-23-26-20-13-19-25-14-11-12-21-29(25)26)33-30(27-15-7-5-8-16-27)28-17-9-6-10-18-28/h5-24H,4H2,1-3H3/b23-22+/t24-,32+/m1/s1. The molecule has 0 aliphatic carbocycles. The predicted molar refractivity (Wildman–Crippen MR) is 146 cm³/mol. The number of benzene rings is 4. The fraction of sp³-hybridized carbons (Fsp3) is 0.188. The fourth-order valence-corrected chi connectivity index (χ4v) is 4.16. The van der Waals surface area contributed by atoms with E-state index in [9.17, 15) is 4.79 Å². The smallest absolute Gasteiger partial charge is 0.334 e. The van der Waals surface area contributed by atoms with E-state index in [2.05, 4.69) is 42.5 Å². The first-order valence-electron chi connectivity index (χ1n) is 12.1. The SMILES string of the molecule is CCOC(=O)[C@@](C)(N=C(c1ccccc1)c1ccccc1)[C@H](C)/C=C/c1cccc2ccccc12. The summed E-state index contributed by atoms with van der Waals surface area (Å²) < 4.78 is 5.54. The molecule has 4 aromatic carbocycles. The van der Waals surface area contributed by atoms with Crippen LogP contribution in [0.15, 0.2) is 114 Å². The van der Waals surface area contributed by atoms with Crippen molar-refractivity contribution in [1.82, 2.24) is 0 Å². The van der Waals surface area contributed by atoms with Crippen LogP contribution in [0.5, 0.6) is 0 Å². The van der Waals surface area contributed by atoms with Gasteiger partial charge in [0.15, 0.2) is 5.54 Å². The number of nitrogens with zero attached hydrogens (tertiary/aromatic N) is 1. The molecule has 0 amide bonds. The van der Waals surface area contributed by atoms with E-state index in [0.717, 1.165) is 22.4 Å². The fourth-order valence-electron chi connectivity index (χ4n) is 4.16.